The molecule has 228 valence electrons. The van der Waals surface area contributed by atoms with Crippen LogP contribution < -0.4 is 4.74 Å². The normalized spacial score (nSPS) is 12.2. The first-order chi connectivity index (χ1) is 23.0. The molecule has 9 rings (SSSR count). The van der Waals surface area contributed by atoms with Crippen LogP contribution in [0.25, 0.3) is 66.2 Å². The summed E-state index contributed by atoms with van der Waals surface area (Å²) in [5, 5.41) is 6.10. The number of hydrogen-bond acceptors (Lipinski definition) is 6. The lowest BCUT2D eigenvalue weighted by molar-refractivity contribution is 0.484. The first kappa shape index (κ1) is 27.4. The summed E-state index contributed by atoms with van der Waals surface area (Å²) in [6, 6.07) is 23.3. The molecule has 0 aliphatic heterocycles. The molecule has 0 spiro atoms. The van der Waals surface area contributed by atoms with Gasteiger partial charge in [-0.25, -0.2) is 24.9 Å². The highest BCUT2D eigenvalue weighted by Crippen LogP contribution is 2.39. The third kappa shape index (κ3) is 4.18. The van der Waals surface area contributed by atoms with Crippen molar-refractivity contribution in [3.8, 4) is 22.8 Å². The number of pyridine rings is 3. The molecule has 0 atom stereocenters. The Bertz CT molecular complexity index is 2660. The van der Waals surface area contributed by atoms with Gasteiger partial charge in [0.05, 0.1) is 5.69 Å². The fourth-order valence-corrected chi connectivity index (χ4v) is 7.03. The molecule has 0 saturated heterocycles. The van der Waals surface area contributed by atoms with Crippen LogP contribution in [0.3, 0.4) is 0 Å². The molecule has 0 N–H and O–H groups in total. The first-order valence-corrected chi connectivity index (χ1v) is 16.0. The number of nitrogens with zero attached hydrogens (tertiary/aromatic N) is 7. The average Bonchev–Trinajstić information content (AvgIpc) is 3.79. The lowest BCUT2D eigenvalue weighted by atomic mass is 9.87. The Hall–Kier alpha value is -5.89. The van der Waals surface area contributed by atoms with Crippen LogP contribution in [-0.2, 0) is 0 Å². The van der Waals surface area contributed by atoms with Crippen LogP contribution in [0.5, 0.6) is 11.5 Å². The molecule has 0 fully saturated rings. The van der Waals surface area contributed by atoms with Crippen molar-refractivity contribution in [1.82, 2.24) is 33.7 Å². The van der Waals surface area contributed by atoms with Crippen LogP contribution >= 0.6 is 0 Å². The minimum atomic E-state index is 0.381. The van der Waals surface area contributed by atoms with Crippen LogP contribution in [-0.4, -0.2) is 33.7 Å². The molecule has 0 radical (unpaired) electrons. The summed E-state index contributed by atoms with van der Waals surface area (Å²) < 4.78 is 10.6. The van der Waals surface area contributed by atoms with Gasteiger partial charge < -0.3 is 4.74 Å². The minimum absolute atomic E-state index is 0.381. The molecule has 0 aliphatic rings. The monoisotopic (exact) mass is 613 g/mol. The van der Waals surface area contributed by atoms with E-state index in [9.17, 15) is 0 Å². The predicted octanol–water partition coefficient (Wildman–Crippen LogP) is 9.49. The smallest absolute Gasteiger partial charge is 0.149 e. The zero-order valence-corrected chi connectivity index (χ0v) is 26.5. The van der Waals surface area contributed by atoms with E-state index in [0.717, 1.165) is 66.3 Å². The van der Waals surface area contributed by atoms with Crippen LogP contribution in [0.1, 0.15) is 50.7 Å². The van der Waals surface area contributed by atoms with Crippen molar-refractivity contribution >= 4 is 54.9 Å². The minimum Gasteiger partial charge on any atom is -0.457 e. The molecule has 0 amide bonds. The number of fused-ring (bicyclic) bond motifs is 12. The highest BCUT2D eigenvalue weighted by atomic mass is 16.5. The highest BCUT2D eigenvalue weighted by Gasteiger charge is 2.19. The summed E-state index contributed by atoms with van der Waals surface area (Å²) in [6.07, 6.45) is 11.0. The third-order valence-corrected chi connectivity index (χ3v) is 9.21. The quantitative estimate of drug-likeness (QED) is 0.180. The van der Waals surface area contributed by atoms with Crippen molar-refractivity contribution in [2.45, 2.75) is 39.5 Å². The van der Waals surface area contributed by atoms with E-state index in [2.05, 4.69) is 95.6 Å². The van der Waals surface area contributed by atoms with E-state index < -0.39 is 0 Å². The van der Waals surface area contributed by atoms with E-state index in [1.807, 2.05) is 47.4 Å². The van der Waals surface area contributed by atoms with Crippen molar-refractivity contribution < 1.29 is 4.74 Å². The molecule has 8 heteroatoms. The Kier molecular flexibility index (Phi) is 6.02. The fourth-order valence-electron chi connectivity index (χ4n) is 7.03. The zero-order valence-electron chi connectivity index (χ0n) is 26.5. The number of imidazole rings is 2. The maximum Gasteiger partial charge on any atom is 0.149 e. The molecule has 6 aromatic heterocycles. The number of rotatable bonds is 5. The molecule has 0 aliphatic carbocycles. The van der Waals surface area contributed by atoms with E-state index in [4.69, 9.17) is 14.7 Å². The Morgan fingerprint density at radius 2 is 1.15 bits per heavy atom. The zero-order chi connectivity index (χ0) is 31.8. The highest BCUT2D eigenvalue weighted by molar-refractivity contribution is 6.12. The fraction of sp³-hybridized carbons (Fsp3) is 0.154. The van der Waals surface area contributed by atoms with Gasteiger partial charge in [-0.3, -0.25) is 8.80 Å². The Labute approximate surface area is 270 Å². The predicted molar refractivity (Wildman–Crippen MR) is 187 cm³/mol. The van der Waals surface area contributed by atoms with Gasteiger partial charge in [0, 0.05) is 58.1 Å². The summed E-state index contributed by atoms with van der Waals surface area (Å²) in [4.78, 5) is 23.5. The summed E-state index contributed by atoms with van der Waals surface area (Å²) >= 11 is 0. The van der Waals surface area contributed by atoms with Gasteiger partial charge in [-0.2, -0.15) is 0 Å². The third-order valence-electron chi connectivity index (χ3n) is 9.21. The molecule has 47 heavy (non-hydrogen) atoms. The second-order valence-electron chi connectivity index (χ2n) is 12.7. The van der Waals surface area contributed by atoms with E-state index in [1.165, 1.54) is 16.7 Å². The van der Waals surface area contributed by atoms with Crippen molar-refractivity contribution in [3.05, 3.63) is 115 Å². The number of hydrogen-bond donors (Lipinski definition) is 0. The van der Waals surface area contributed by atoms with Crippen molar-refractivity contribution in [2.24, 2.45) is 0 Å². The number of ether oxygens (including phenoxy) is 1. The maximum atomic E-state index is 6.50. The Balaban J connectivity index is 1.18. The summed E-state index contributed by atoms with van der Waals surface area (Å²) in [5.41, 5.74) is 8.23. The van der Waals surface area contributed by atoms with E-state index in [0.29, 0.717) is 17.6 Å². The topological polar surface area (TPSA) is 82.5 Å². The summed E-state index contributed by atoms with van der Waals surface area (Å²) in [7, 11) is 0. The number of benzene rings is 3. The van der Waals surface area contributed by atoms with Gasteiger partial charge in [0.25, 0.3) is 0 Å². The lowest BCUT2D eigenvalue weighted by Gasteiger charge is -2.20. The largest absolute Gasteiger partial charge is 0.457 e. The van der Waals surface area contributed by atoms with Gasteiger partial charge in [0.2, 0.25) is 0 Å². The van der Waals surface area contributed by atoms with Gasteiger partial charge in [-0.05, 0) is 82.3 Å². The van der Waals surface area contributed by atoms with Crippen LogP contribution in [0.4, 0.5) is 0 Å². The molecule has 0 unspecified atom stereocenters. The molecule has 6 heterocycles. The molecule has 3 aromatic carbocycles. The van der Waals surface area contributed by atoms with Gasteiger partial charge in [0.15, 0.2) is 0 Å². The van der Waals surface area contributed by atoms with Crippen LogP contribution in [0.2, 0.25) is 0 Å². The van der Waals surface area contributed by atoms with E-state index in [1.54, 1.807) is 12.5 Å². The molecular weight excluding hydrogens is 582 g/mol. The van der Waals surface area contributed by atoms with Crippen molar-refractivity contribution in [2.75, 3.05) is 0 Å². The van der Waals surface area contributed by atoms with Crippen molar-refractivity contribution in [3.63, 3.8) is 0 Å². The molecule has 0 bridgehead atoms. The first-order valence-electron chi connectivity index (χ1n) is 16.0. The second kappa shape index (κ2) is 10.3. The molecule has 0 saturated carbocycles. The van der Waals surface area contributed by atoms with Gasteiger partial charge in [0.1, 0.15) is 40.4 Å². The maximum absolute atomic E-state index is 6.50. The van der Waals surface area contributed by atoms with Gasteiger partial charge >= 0.3 is 0 Å². The summed E-state index contributed by atoms with van der Waals surface area (Å²) in [6.45, 7) is 8.99. The van der Waals surface area contributed by atoms with Gasteiger partial charge in [-0.15, -0.1) is 0 Å². The summed E-state index contributed by atoms with van der Waals surface area (Å²) in [5.74, 6) is 2.20. The Morgan fingerprint density at radius 1 is 0.574 bits per heavy atom. The van der Waals surface area contributed by atoms with Crippen LogP contribution in [0.15, 0.2) is 104 Å². The van der Waals surface area contributed by atoms with Crippen LogP contribution in [0, 0.1) is 0 Å². The second-order valence-corrected chi connectivity index (χ2v) is 12.7. The Morgan fingerprint density at radius 3 is 1.79 bits per heavy atom. The molecule has 9 aromatic rings. The molecule has 8 nitrogen and oxygen atoms in total. The molecular formula is C39H31N7O. The van der Waals surface area contributed by atoms with Gasteiger partial charge in [-0.1, -0.05) is 45.9 Å². The van der Waals surface area contributed by atoms with E-state index >= 15 is 0 Å². The SMILES string of the molecule is CC(C)c1cccc(C(C)C)c1-c1ccc2c3ccc(Oc4ccc5c6cncnc6n6ccnc6c5c4)cc3c3nccn3c2n1. The lowest BCUT2D eigenvalue weighted by Crippen LogP contribution is -2.02. The average molecular weight is 614 g/mol. The van der Waals surface area contributed by atoms with E-state index in [-0.39, 0.29) is 0 Å². The van der Waals surface area contributed by atoms with Crippen molar-refractivity contribution in [1.29, 1.82) is 0 Å². The standard InChI is InChI=1S/C39H31N7O/c1-22(2)26-6-5-7-27(23(3)4)35(26)34-13-12-30-28-10-8-24(18-31(28)37-42-15-17-46(37)39(30)44-34)47-25-9-11-29-32(19-25)36-41-14-16-45(36)38-33(29)20-40-21-43-38/h5-23H,1-4H3. The number of aromatic nitrogens is 7.